The summed E-state index contributed by atoms with van der Waals surface area (Å²) in [6.45, 7) is 0. The average molecular weight is 116 g/mol. The molecule has 0 fully saturated rings. The van der Waals surface area contributed by atoms with Crippen molar-refractivity contribution in [2.24, 2.45) is 0 Å². The fourth-order valence-corrected chi connectivity index (χ4v) is 0.647. The molecule has 3 nitrogen and oxygen atoms in total. The van der Waals surface area contributed by atoms with Crippen LogP contribution in [0.5, 0.6) is 6.01 Å². The van der Waals surface area contributed by atoms with E-state index < -0.39 is 0 Å². The van der Waals surface area contributed by atoms with Gasteiger partial charge in [0.25, 0.3) is 0 Å². The average Bonchev–Trinajstić information content (AvgIpc) is 2.14. The van der Waals surface area contributed by atoms with Gasteiger partial charge in [0, 0.05) is 0 Å². The summed E-state index contributed by atoms with van der Waals surface area (Å²) >= 11 is 1.28. The van der Waals surface area contributed by atoms with E-state index in [1.165, 1.54) is 11.5 Å². The molecule has 0 radical (unpaired) electrons. The summed E-state index contributed by atoms with van der Waals surface area (Å²) in [5.41, 5.74) is 1.62. The highest BCUT2D eigenvalue weighted by molar-refractivity contribution is 7.03. The summed E-state index contributed by atoms with van der Waals surface area (Å²) in [5, 5.41) is 0. The zero-order valence-electron chi connectivity index (χ0n) is 3.79. The number of aromatic nitrogens is 2. The molecule has 0 aliphatic heterocycles. The normalized spacial score (nSPS) is 8.71. The van der Waals surface area contributed by atoms with Crippen LogP contribution in [0, 0.1) is 0 Å². The first-order chi connectivity index (χ1) is 3.43. The van der Waals surface area contributed by atoms with Gasteiger partial charge in [0.15, 0.2) is 0 Å². The van der Waals surface area contributed by atoms with Crippen molar-refractivity contribution >= 4 is 11.5 Å². The maximum Gasteiger partial charge on any atom is 0.327 e. The van der Waals surface area contributed by atoms with E-state index in [0.717, 1.165) is 0 Å². The largest absolute Gasteiger partial charge is 0.466 e. The van der Waals surface area contributed by atoms with Gasteiger partial charge in [0.2, 0.25) is 0 Å². The van der Waals surface area contributed by atoms with E-state index in [1.807, 2.05) is 0 Å². The van der Waals surface area contributed by atoms with Crippen LogP contribution in [0.3, 0.4) is 0 Å². The minimum Gasteiger partial charge on any atom is -0.466 e. The van der Waals surface area contributed by atoms with Crippen LogP contribution in [0.2, 0.25) is 0 Å². The molecule has 1 rings (SSSR count). The van der Waals surface area contributed by atoms with Crippen LogP contribution in [0.1, 0.15) is 0 Å². The van der Waals surface area contributed by atoms with E-state index in [9.17, 15) is 0 Å². The Labute approximate surface area is 45.1 Å². The third-order valence-corrected chi connectivity index (χ3v) is 0.985. The van der Waals surface area contributed by atoms with Crippen molar-refractivity contribution in [1.82, 2.24) is 9.36 Å². The quantitative estimate of drug-likeness (QED) is 0.537. The van der Waals surface area contributed by atoms with Gasteiger partial charge in [-0.25, -0.2) is 0 Å². The second kappa shape index (κ2) is 1.88. The molecule has 0 aliphatic carbocycles. The first kappa shape index (κ1) is 4.52. The molecule has 0 bridgehead atoms. The Morgan fingerprint density at radius 1 is 1.86 bits per heavy atom. The third kappa shape index (κ3) is 0.866. The van der Waals surface area contributed by atoms with Crippen molar-refractivity contribution in [3.8, 4) is 6.01 Å². The lowest BCUT2D eigenvalue weighted by Crippen LogP contribution is -1.81. The molecular weight excluding hydrogens is 112 g/mol. The number of methoxy groups -OCH3 is 1. The molecule has 1 aromatic heterocycles. The van der Waals surface area contributed by atoms with Crippen LogP contribution in [0.25, 0.3) is 0 Å². The van der Waals surface area contributed by atoms with Crippen LogP contribution < -0.4 is 4.74 Å². The van der Waals surface area contributed by atoms with Gasteiger partial charge in [-0.3, -0.25) is 0 Å². The topological polar surface area (TPSA) is 35.0 Å². The van der Waals surface area contributed by atoms with Crippen molar-refractivity contribution < 1.29 is 4.74 Å². The molecule has 0 saturated carbocycles. The standard InChI is InChI=1S/C3H4N2OS/c1-6-3-4-2-7-5-3/h2H,1H3. The summed E-state index contributed by atoms with van der Waals surface area (Å²) < 4.78 is 8.39. The summed E-state index contributed by atoms with van der Waals surface area (Å²) in [6, 6.07) is 0.449. The fourth-order valence-electron chi connectivity index (χ4n) is 0.251. The summed E-state index contributed by atoms with van der Waals surface area (Å²) in [5.74, 6) is 0. The molecule has 0 atom stereocenters. The van der Waals surface area contributed by atoms with E-state index in [1.54, 1.807) is 12.6 Å². The maximum absolute atomic E-state index is 4.64. The van der Waals surface area contributed by atoms with Gasteiger partial charge < -0.3 is 4.74 Å². The Morgan fingerprint density at radius 3 is 3.00 bits per heavy atom. The number of rotatable bonds is 1. The van der Waals surface area contributed by atoms with Crippen molar-refractivity contribution in [1.29, 1.82) is 0 Å². The molecule has 0 amide bonds. The Hall–Kier alpha value is -0.640. The lowest BCUT2D eigenvalue weighted by atomic mass is 11.2. The van der Waals surface area contributed by atoms with Crippen LogP contribution in [0.4, 0.5) is 0 Å². The molecule has 0 aliphatic rings. The van der Waals surface area contributed by atoms with Crippen molar-refractivity contribution in [3.63, 3.8) is 0 Å². The number of nitrogens with zero attached hydrogens (tertiary/aromatic N) is 2. The molecule has 7 heavy (non-hydrogen) atoms. The molecule has 0 aromatic carbocycles. The van der Waals surface area contributed by atoms with Crippen molar-refractivity contribution in [2.75, 3.05) is 7.11 Å². The Bertz CT molecular complexity index is 127. The maximum atomic E-state index is 4.64. The predicted octanol–water partition coefficient (Wildman–Crippen LogP) is 0.547. The molecule has 38 valence electrons. The predicted molar refractivity (Wildman–Crippen MR) is 26.5 cm³/mol. The van der Waals surface area contributed by atoms with Gasteiger partial charge in [0.05, 0.1) is 7.11 Å². The van der Waals surface area contributed by atoms with Gasteiger partial charge in [0.1, 0.15) is 5.51 Å². The number of hydrogen-bond acceptors (Lipinski definition) is 4. The zero-order valence-corrected chi connectivity index (χ0v) is 4.60. The lowest BCUT2D eigenvalue weighted by Gasteiger charge is -1.82. The minimum atomic E-state index is 0.449. The van der Waals surface area contributed by atoms with E-state index in [-0.39, 0.29) is 0 Å². The van der Waals surface area contributed by atoms with Crippen LogP contribution in [-0.2, 0) is 0 Å². The lowest BCUT2D eigenvalue weighted by molar-refractivity contribution is 0.386. The minimum absolute atomic E-state index is 0.449. The van der Waals surface area contributed by atoms with Gasteiger partial charge in [-0.2, -0.15) is 4.98 Å². The van der Waals surface area contributed by atoms with E-state index in [4.69, 9.17) is 0 Å². The molecule has 0 spiro atoms. The smallest absolute Gasteiger partial charge is 0.327 e. The SMILES string of the molecule is COc1ncsn1. The molecule has 0 saturated heterocycles. The molecule has 0 N–H and O–H groups in total. The third-order valence-electron chi connectivity index (χ3n) is 0.524. The highest BCUT2D eigenvalue weighted by Gasteiger charge is 1.87. The fraction of sp³-hybridized carbons (Fsp3) is 0.333. The molecule has 1 heterocycles. The number of hydrogen-bond donors (Lipinski definition) is 0. The molecule has 1 aromatic rings. The first-order valence-corrected chi connectivity index (χ1v) is 2.57. The van der Waals surface area contributed by atoms with Crippen molar-refractivity contribution in [2.45, 2.75) is 0 Å². The number of ether oxygens (including phenoxy) is 1. The van der Waals surface area contributed by atoms with E-state index in [2.05, 4.69) is 14.1 Å². The first-order valence-electron chi connectivity index (χ1n) is 1.74. The second-order valence-electron chi connectivity index (χ2n) is 0.918. The van der Waals surface area contributed by atoms with Crippen molar-refractivity contribution in [3.05, 3.63) is 5.51 Å². The summed E-state index contributed by atoms with van der Waals surface area (Å²) in [6.07, 6.45) is 0. The van der Waals surface area contributed by atoms with E-state index >= 15 is 0 Å². The molecular formula is C3H4N2OS. The zero-order chi connectivity index (χ0) is 5.11. The second-order valence-corrected chi connectivity index (χ2v) is 1.52. The van der Waals surface area contributed by atoms with E-state index in [0.29, 0.717) is 6.01 Å². The van der Waals surface area contributed by atoms with Gasteiger partial charge >= 0.3 is 6.01 Å². The van der Waals surface area contributed by atoms with Gasteiger partial charge in [-0.15, -0.1) is 4.37 Å². The van der Waals surface area contributed by atoms with Gasteiger partial charge in [-0.05, 0) is 11.5 Å². The molecule has 0 unspecified atom stereocenters. The monoisotopic (exact) mass is 116 g/mol. The van der Waals surface area contributed by atoms with Gasteiger partial charge in [-0.1, -0.05) is 0 Å². The Kier molecular flexibility index (Phi) is 1.21. The van der Waals surface area contributed by atoms with Crippen LogP contribution >= 0.6 is 11.5 Å². The summed E-state index contributed by atoms with van der Waals surface area (Å²) in [4.78, 5) is 3.72. The Morgan fingerprint density at radius 2 is 2.71 bits per heavy atom. The summed E-state index contributed by atoms with van der Waals surface area (Å²) in [7, 11) is 1.54. The van der Waals surface area contributed by atoms with Crippen LogP contribution in [0.15, 0.2) is 5.51 Å². The highest BCUT2D eigenvalue weighted by atomic mass is 32.1. The van der Waals surface area contributed by atoms with Crippen LogP contribution in [-0.4, -0.2) is 16.5 Å². The highest BCUT2D eigenvalue weighted by Crippen LogP contribution is 1.99. The Balaban J connectivity index is 2.76. The molecule has 4 heteroatoms.